The average molecular weight is 517 g/mol. The fourth-order valence-corrected chi connectivity index (χ4v) is 5.81. The van der Waals surface area contributed by atoms with Gasteiger partial charge in [0.05, 0.1) is 17.1 Å². The van der Waals surface area contributed by atoms with Crippen LogP contribution in [0.5, 0.6) is 0 Å². The molecular weight excluding hydrogens is 491 g/mol. The van der Waals surface area contributed by atoms with Crippen molar-refractivity contribution in [3.8, 4) is 11.1 Å². The summed E-state index contributed by atoms with van der Waals surface area (Å²) in [6, 6.07) is 27.2. The number of halogens is 1. The lowest BCUT2D eigenvalue weighted by molar-refractivity contribution is 0.0456. The predicted molar refractivity (Wildman–Crippen MR) is 142 cm³/mol. The number of hydrogen-bond acceptors (Lipinski definition) is 5. The molecule has 6 nitrogen and oxygen atoms in total. The van der Waals surface area contributed by atoms with E-state index in [4.69, 9.17) is 4.84 Å². The molecule has 0 unspecified atom stereocenters. The number of oxime groups is 1. The first-order chi connectivity index (χ1) is 17.8. The number of aliphatic hydroxyl groups is 1. The lowest BCUT2D eigenvalue weighted by Gasteiger charge is -2.26. The maximum absolute atomic E-state index is 13.5. The Kier molecular flexibility index (Phi) is 6.78. The topological polar surface area (TPSA) is 79.2 Å². The van der Waals surface area contributed by atoms with E-state index in [1.165, 1.54) is 36.4 Å². The molecule has 0 saturated carbocycles. The van der Waals surface area contributed by atoms with Crippen LogP contribution in [0, 0.1) is 12.7 Å². The van der Waals surface area contributed by atoms with Crippen LogP contribution in [0.3, 0.4) is 0 Å². The summed E-state index contributed by atoms with van der Waals surface area (Å²) < 4.78 is 41.6. The molecule has 0 bridgehead atoms. The van der Waals surface area contributed by atoms with Crippen LogP contribution in [0.2, 0.25) is 0 Å². The molecule has 0 saturated heterocycles. The van der Waals surface area contributed by atoms with E-state index in [0.29, 0.717) is 5.71 Å². The van der Waals surface area contributed by atoms with Crippen LogP contribution in [-0.2, 0) is 14.9 Å². The fourth-order valence-electron chi connectivity index (χ4n) is 4.31. The zero-order valence-electron chi connectivity index (χ0n) is 20.1. The minimum Gasteiger partial charge on any atom is -0.392 e. The van der Waals surface area contributed by atoms with Crippen LogP contribution in [0.25, 0.3) is 11.1 Å². The normalized spacial score (nSPS) is 13.0. The Balaban J connectivity index is 1.37. The number of benzene rings is 4. The Morgan fingerprint density at radius 2 is 1.38 bits per heavy atom. The van der Waals surface area contributed by atoms with Gasteiger partial charge in [0.1, 0.15) is 24.2 Å². The third-order valence-electron chi connectivity index (χ3n) is 6.18. The van der Waals surface area contributed by atoms with Crippen molar-refractivity contribution in [3.63, 3.8) is 0 Å². The number of sulfonamides is 1. The molecule has 1 N–H and O–H groups in total. The van der Waals surface area contributed by atoms with Gasteiger partial charge in [-0.05, 0) is 54.4 Å². The van der Waals surface area contributed by atoms with E-state index in [1.54, 1.807) is 12.1 Å². The zero-order chi connectivity index (χ0) is 26.0. The van der Waals surface area contributed by atoms with Gasteiger partial charge in [0.2, 0.25) is 0 Å². The SMILES string of the molecule is Cc1ccc(S(=O)(=O)N(C[C@H](O)CON=C2c3ccccc3-c3ccccc32)c2ccc(F)cc2)cc1. The molecule has 37 heavy (non-hydrogen) atoms. The highest BCUT2D eigenvalue weighted by atomic mass is 32.2. The quantitative estimate of drug-likeness (QED) is 0.290. The number of nitrogens with zero attached hydrogens (tertiary/aromatic N) is 2. The van der Waals surface area contributed by atoms with E-state index in [2.05, 4.69) is 5.16 Å². The van der Waals surface area contributed by atoms with Crippen molar-refractivity contribution in [1.29, 1.82) is 0 Å². The molecule has 0 aliphatic heterocycles. The van der Waals surface area contributed by atoms with Crippen LogP contribution in [-0.4, -0.2) is 38.5 Å². The van der Waals surface area contributed by atoms with Crippen LogP contribution in [0.15, 0.2) is 107 Å². The first-order valence-corrected chi connectivity index (χ1v) is 13.2. The Bertz CT molecular complexity index is 1500. The lowest BCUT2D eigenvalue weighted by Crippen LogP contribution is -2.39. The largest absolute Gasteiger partial charge is 0.392 e. The summed E-state index contributed by atoms with van der Waals surface area (Å²) in [5.41, 5.74) is 5.74. The molecule has 1 aliphatic carbocycles. The molecule has 188 valence electrons. The van der Waals surface area contributed by atoms with E-state index < -0.39 is 21.9 Å². The number of aliphatic hydroxyl groups excluding tert-OH is 1. The van der Waals surface area contributed by atoms with Crippen molar-refractivity contribution in [3.05, 3.63) is 120 Å². The van der Waals surface area contributed by atoms with E-state index in [9.17, 15) is 17.9 Å². The molecule has 0 spiro atoms. The van der Waals surface area contributed by atoms with Crippen molar-refractivity contribution in [2.75, 3.05) is 17.5 Å². The second-order valence-corrected chi connectivity index (χ2v) is 10.7. The van der Waals surface area contributed by atoms with Gasteiger partial charge in [-0.3, -0.25) is 4.31 Å². The molecule has 0 radical (unpaired) electrons. The van der Waals surface area contributed by atoms with Gasteiger partial charge in [0, 0.05) is 11.1 Å². The average Bonchev–Trinajstić information content (AvgIpc) is 3.22. The molecule has 4 aromatic carbocycles. The highest BCUT2D eigenvalue weighted by molar-refractivity contribution is 7.92. The van der Waals surface area contributed by atoms with Gasteiger partial charge in [0.15, 0.2) is 0 Å². The Labute approximate surface area is 215 Å². The summed E-state index contributed by atoms with van der Waals surface area (Å²) in [6.45, 7) is 1.31. The molecule has 0 fully saturated rings. The molecule has 0 amide bonds. The number of fused-ring (bicyclic) bond motifs is 3. The monoisotopic (exact) mass is 516 g/mol. The van der Waals surface area contributed by atoms with Crippen LogP contribution < -0.4 is 4.31 Å². The van der Waals surface area contributed by atoms with Gasteiger partial charge < -0.3 is 9.94 Å². The summed E-state index contributed by atoms with van der Waals surface area (Å²) in [5.74, 6) is -0.492. The highest BCUT2D eigenvalue weighted by Gasteiger charge is 2.28. The number of anilines is 1. The van der Waals surface area contributed by atoms with Gasteiger partial charge in [-0.25, -0.2) is 12.8 Å². The van der Waals surface area contributed by atoms with E-state index in [1.807, 2.05) is 55.5 Å². The molecule has 0 aromatic heterocycles. The van der Waals surface area contributed by atoms with Gasteiger partial charge >= 0.3 is 0 Å². The van der Waals surface area contributed by atoms with Crippen molar-refractivity contribution >= 4 is 21.4 Å². The van der Waals surface area contributed by atoms with Crippen molar-refractivity contribution in [1.82, 2.24) is 0 Å². The van der Waals surface area contributed by atoms with E-state index in [-0.39, 0.29) is 23.7 Å². The number of rotatable bonds is 8. The van der Waals surface area contributed by atoms with Crippen LogP contribution in [0.4, 0.5) is 10.1 Å². The summed E-state index contributed by atoms with van der Waals surface area (Å²) in [5, 5.41) is 15.1. The fraction of sp³-hybridized carbons (Fsp3) is 0.138. The maximum Gasteiger partial charge on any atom is 0.264 e. The predicted octanol–water partition coefficient (Wildman–Crippen LogP) is 5.14. The third kappa shape index (κ3) is 4.98. The first-order valence-electron chi connectivity index (χ1n) is 11.8. The second kappa shape index (κ2) is 10.2. The van der Waals surface area contributed by atoms with Gasteiger partial charge in [-0.15, -0.1) is 0 Å². The zero-order valence-corrected chi connectivity index (χ0v) is 20.9. The lowest BCUT2D eigenvalue weighted by atomic mass is 10.1. The smallest absolute Gasteiger partial charge is 0.264 e. The Hall–Kier alpha value is -4.01. The van der Waals surface area contributed by atoms with Gasteiger partial charge in [0.25, 0.3) is 10.0 Å². The van der Waals surface area contributed by atoms with E-state index >= 15 is 0 Å². The first kappa shape index (κ1) is 24.7. The molecule has 0 heterocycles. The molecule has 1 atom stereocenters. The molecule has 5 rings (SSSR count). The van der Waals surface area contributed by atoms with Crippen molar-refractivity contribution in [2.24, 2.45) is 5.16 Å². The second-order valence-electron chi connectivity index (χ2n) is 8.81. The van der Waals surface area contributed by atoms with Crippen molar-refractivity contribution < 1.29 is 22.8 Å². The van der Waals surface area contributed by atoms with E-state index in [0.717, 1.165) is 32.1 Å². The van der Waals surface area contributed by atoms with Gasteiger partial charge in [-0.1, -0.05) is 71.4 Å². The third-order valence-corrected chi connectivity index (χ3v) is 7.99. The minimum absolute atomic E-state index is 0.0648. The molecule has 1 aliphatic rings. The minimum atomic E-state index is -4.04. The number of aryl methyl sites for hydroxylation is 1. The van der Waals surface area contributed by atoms with Crippen LogP contribution >= 0.6 is 0 Å². The Morgan fingerprint density at radius 3 is 1.95 bits per heavy atom. The summed E-state index contributed by atoms with van der Waals surface area (Å²) >= 11 is 0. The van der Waals surface area contributed by atoms with Crippen molar-refractivity contribution in [2.45, 2.75) is 17.9 Å². The van der Waals surface area contributed by atoms with Gasteiger partial charge in [-0.2, -0.15) is 0 Å². The summed E-state index contributed by atoms with van der Waals surface area (Å²) in [6.07, 6.45) is -1.21. The summed E-state index contributed by atoms with van der Waals surface area (Å²) in [7, 11) is -4.04. The summed E-state index contributed by atoms with van der Waals surface area (Å²) in [4.78, 5) is 5.60. The maximum atomic E-state index is 13.5. The number of hydrogen-bond donors (Lipinski definition) is 1. The van der Waals surface area contributed by atoms with Crippen LogP contribution in [0.1, 0.15) is 16.7 Å². The highest BCUT2D eigenvalue weighted by Crippen LogP contribution is 2.36. The molecular formula is C29H25FN2O4S. The Morgan fingerprint density at radius 1 is 0.838 bits per heavy atom. The molecule has 8 heteroatoms. The standard InChI is InChI=1S/C29H25FN2O4S/c1-20-10-16-24(17-11-20)37(34,35)32(22-14-12-21(30)13-15-22)18-23(33)19-36-31-29-27-8-4-2-6-25(27)26-7-3-5-9-28(26)29/h2-17,23,33H,18-19H2,1H3/t23-/m0/s1. The molecule has 4 aromatic rings.